The number of aromatic nitrogens is 4. The van der Waals surface area contributed by atoms with Crippen LogP contribution in [0.15, 0.2) is 97.1 Å². The van der Waals surface area contributed by atoms with Gasteiger partial charge in [-0.15, -0.1) is 0 Å². The van der Waals surface area contributed by atoms with Gasteiger partial charge >= 0.3 is 18.4 Å². The van der Waals surface area contributed by atoms with Gasteiger partial charge in [0.1, 0.15) is 37.1 Å². The van der Waals surface area contributed by atoms with Gasteiger partial charge in [0.2, 0.25) is 11.8 Å². The standard InChI is InChI=1S/C29H29ClF3N5O4.C17H15ClF3N3.C11H16N2O3.CH4/c1-28(2)41-16-20(42-28)15-40-24-10-4-9-23(34-24)35-27(39)38-19-8-5-11-37(14-19)22-13-21(30)25(36-26(22)38)17-6-3-7-18(12-17)29(31,32)33;18-13-8-14-16(22-12-5-2-6-24(14)9-12)23-15(13)10-3-1-4-11(7-10)17(19,20)21;1-11(2)15-7-8(16-11)6-14-10-5-3-4-9(12)13-10;/h3-4,6-7,9-10,12-13,19-20H,5,8,11,14-16H2,1-2H3,(H,34,35,39);1,3-4,7-8,12H,2,5-6,9H2,(H,22,23);3-5,8H,6-7H2,1-2H3,(H2,12,13);1H4/t19-,20+;12-;8-;/m001./s1. The third kappa shape index (κ3) is 14.7. The molecule has 0 saturated carbocycles. The molecule has 0 unspecified atom stereocenters. The monoisotopic (exact) mass is 1200 g/mol. The molecule has 6 aliphatic heterocycles. The number of urea groups is 1. The number of nitrogens with zero attached hydrogens (tertiary/aromatic N) is 7. The number of hydrogen-bond donors (Lipinski definition) is 3. The Balaban J connectivity index is 0.000000169. The molecule has 444 valence electrons. The van der Waals surface area contributed by atoms with Crippen LogP contribution in [0.4, 0.5) is 65.8 Å². The second-order valence-electron chi connectivity index (χ2n) is 21.3. The number of nitrogens with two attached hydrogens (primary N) is 1. The van der Waals surface area contributed by atoms with Crippen molar-refractivity contribution in [2.75, 3.05) is 83.7 Å². The lowest BCUT2D eigenvalue weighted by molar-refractivity contribution is -0.142. The minimum atomic E-state index is -4.52. The number of ether oxygens (including phenoxy) is 6. The molecule has 2 amide bonds. The van der Waals surface area contributed by atoms with E-state index < -0.39 is 41.1 Å². The molecule has 4 N–H and O–H groups in total. The molecule has 83 heavy (non-hydrogen) atoms. The Kier molecular flexibility index (Phi) is 18.1. The van der Waals surface area contributed by atoms with Crippen molar-refractivity contribution in [2.45, 2.75) is 109 Å². The van der Waals surface area contributed by atoms with E-state index in [1.807, 2.05) is 27.7 Å². The minimum Gasteiger partial charge on any atom is -0.475 e. The lowest BCUT2D eigenvalue weighted by Crippen LogP contribution is -2.56. The van der Waals surface area contributed by atoms with Gasteiger partial charge in [-0.05, 0) is 102 Å². The highest BCUT2D eigenvalue weighted by atomic mass is 35.5. The number of rotatable bonds is 9. The van der Waals surface area contributed by atoms with E-state index >= 15 is 0 Å². The van der Waals surface area contributed by atoms with Crippen molar-refractivity contribution < 1.29 is 59.6 Å². The molecule has 2 aromatic carbocycles. The van der Waals surface area contributed by atoms with Crippen molar-refractivity contribution in [3.8, 4) is 34.3 Å². The molecule has 4 atom stereocenters. The molecular formula is C58H64Cl2F6N10O7. The lowest BCUT2D eigenvalue weighted by Gasteiger charge is -2.46. The molecule has 0 spiro atoms. The van der Waals surface area contributed by atoms with Crippen LogP contribution in [0, 0.1) is 0 Å². The van der Waals surface area contributed by atoms with E-state index in [0.29, 0.717) is 83.6 Å². The minimum absolute atomic E-state index is 0. The highest BCUT2D eigenvalue weighted by Crippen LogP contribution is 2.44. The summed E-state index contributed by atoms with van der Waals surface area (Å²) in [4.78, 5) is 37.3. The maximum Gasteiger partial charge on any atom is 0.416 e. The quantitative estimate of drug-likeness (QED) is 0.116. The molecule has 4 aromatic heterocycles. The predicted molar refractivity (Wildman–Crippen MR) is 305 cm³/mol. The summed E-state index contributed by atoms with van der Waals surface area (Å²) in [6, 6.07) is 23.4. The van der Waals surface area contributed by atoms with Crippen LogP contribution in [0.3, 0.4) is 0 Å². The Bertz CT molecular complexity index is 3290. The topological polar surface area (TPSA) is 184 Å². The summed E-state index contributed by atoms with van der Waals surface area (Å²) in [7, 11) is 0. The second-order valence-corrected chi connectivity index (χ2v) is 22.1. The fourth-order valence-electron chi connectivity index (χ4n) is 10.4. The van der Waals surface area contributed by atoms with E-state index in [1.165, 1.54) is 18.2 Å². The fraction of sp³-hybridized carbons (Fsp3) is 0.431. The number of amides is 2. The third-order valence-corrected chi connectivity index (χ3v) is 14.7. The van der Waals surface area contributed by atoms with Crippen molar-refractivity contribution in [1.82, 2.24) is 19.9 Å². The number of anilines is 6. The van der Waals surface area contributed by atoms with Crippen LogP contribution < -0.4 is 40.5 Å². The summed E-state index contributed by atoms with van der Waals surface area (Å²) < 4.78 is 113. The van der Waals surface area contributed by atoms with Crippen LogP contribution in [0.25, 0.3) is 22.5 Å². The number of hydrogen-bond acceptors (Lipinski definition) is 15. The summed E-state index contributed by atoms with van der Waals surface area (Å²) in [6.45, 7) is 12.2. The third-order valence-electron chi connectivity index (χ3n) is 14.1. The average molecular weight is 1200 g/mol. The number of halogens is 8. The largest absolute Gasteiger partial charge is 0.475 e. The summed E-state index contributed by atoms with van der Waals surface area (Å²) in [5, 5.41) is 6.77. The van der Waals surface area contributed by atoms with Crippen molar-refractivity contribution in [3.05, 3.63) is 118 Å². The SMILES string of the molecule is C.CC1(C)OC[C@@H](COc2cccc(N)n2)O1.CC1(C)OC[C@@H](COc2cccc(NC(=O)N3c4nc(-c5cccc(C(F)(F)F)c5)c(Cl)cc4N4CCC[C@H]3C4)n2)O1.FC(F)(F)c1cccc(-c2nc3c(cc2Cl)N2CCC[C@@H](C2)N3)c1. The molecule has 4 fully saturated rings. The number of fused-ring (bicyclic) bond motifs is 8. The van der Waals surface area contributed by atoms with Gasteiger partial charge in [-0.2, -0.15) is 36.3 Å². The van der Waals surface area contributed by atoms with Crippen molar-refractivity contribution in [1.29, 1.82) is 0 Å². The Morgan fingerprint density at radius 1 is 0.699 bits per heavy atom. The molecule has 25 heteroatoms. The zero-order valence-electron chi connectivity index (χ0n) is 45.1. The molecule has 17 nitrogen and oxygen atoms in total. The number of alkyl halides is 6. The molecule has 12 rings (SSSR count). The molecule has 4 saturated heterocycles. The number of nitrogens with one attached hydrogen (secondary N) is 2. The van der Waals surface area contributed by atoms with Gasteiger partial charge in [-0.25, -0.2) is 14.8 Å². The zero-order valence-corrected chi connectivity index (χ0v) is 46.6. The lowest BCUT2D eigenvalue weighted by atomic mass is 9.99. The van der Waals surface area contributed by atoms with E-state index in [4.69, 9.17) is 57.4 Å². The Hall–Kier alpha value is -6.89. The molecule has 4 bridgehead atoms. The highest BCUT2D eigenvalue weighted by Gasteiger charge is 2.41. The number of carbonyl (C=O) groups excluding carboxylic acids is 1. The maximum absolute atomic E-state index is 13.8. The van der Waals surface area contributed by atoms with Gasteiger partial charge in [0.15, 0.2) is 23.2 Å². The fourth-order valence-corrected chi connectivity index (χ4v) is 10.9. The first kappa shape index (κ1) is 60.7. The maximum atomic E-state index is 13.8. The summed E-state index contributed by atoms with van der Waals surface area (Å²) >= 11 is 12.9. The van der Waals surface area contributed by atoms with Gasteiger partial charge in [-0.1, -0.05) is 67.0 Å². The van der Waals surface area contributed by atoms with Crippen LogP contribution in [-0.2, 0) is 31.3 Å². The first-order valence-electron chi connectivity index (χ1n) is 26.7. The smallest absolute Gasteiger partial charge is 0.416 e. The van der Waals surface area contributed by atoms with E-state index in [-0.39, 0.29) is 54.4 Å². The Labute approximate surface area is 486 Å². The van der Waals surface area contributed by atoms with Gasteiger partial charge in [0, 0.05) is 55.5 Å². The van der Waals surface area contributed by atoms with Gasteiger partial charge in [-0.3, -0.25) is 10.2 Å². The van der Waals surface area contributed by atoms with Crippen LogP contribution in [0.2, 0.25) is 10.0 Å². The van der Waals surface area contributed by atoms with E-state index in [1.54, 1.807) is 59.5 Å². The summed E-state index contributed by atoms with van der Waals surface area (Å²) in [6.07, 6.45) is -5.46. The Morgan fingerprint density at radius 2 is 1.23 bits per heavy atom. The summed E-state index contributed by atoms with van der Waals surface area (Å²) in [5.74, 6) is 1.37. The first-order chi connectivity index (χ1) is 38.9. The molecule has 6 aromatic rings. The van der Waals surface area contributed by atoms with Gasteiger partial charge in [0.05, 0.1) is 63.2 Å². The molecule has 10 heterocycles. The molecular weight excluding hydrogens is 1130 g/mol. The van der Waals surface area contributed by atoms with Crippen LogP contribution in [-0.4, -0.2) is 114 Å². The van der Waals surface area contributed by atoms with E-state index in [9.17, 15) is 31.1 Å². The average Bonchev–Trinajstić information content (AvgIpc) is 2.51. The number of pyridine rings is 4. The normalized spacial score (nSPS) is 20.9. The van der Waals surface area contributed by atoms with Crippen molar-refractivity contribution in [3.63, 3.8) is 0 Å². The number of piperidine rings is 2. The van der Waals surface area contributed by atoms with Crippen molar-refractivity contribution >= 4 is 63.9 Å². The van der Waals surface area contributed by atoms with Crippen LogP contribution >= 0.6 is 23.2 Å². The van der Waals surface area contributed by atoms with E-state index in [0.717, 1.165) is 75.3 Å². The van der Waals surface area contributed by atoms with Crippen molar-refractivity contribution in [2.24, 2.45) is 0 Å². The van der Waals surface area contributed by atoms with Crippen LogP contribution in [0.1, 0.15) is 71.9 Å². The Morgan fingerprint density at radius 3 is 1.80 bits per heavy atom. The molecule has 0 aliphatic carbocycles. The second kappa shape index (κ2) is 24.7. The first-order valence-corrected chi connectivity index (χ1v) is 27.4. The van der Waals surface area contributed by atoms with Gasteiger partial charge < -0.3 is 49.3 Å². The number of carbonyl (C=O) groups is 1. The molecule has 6 aliphatic rings. The van der Waals surface area contributed by atoms with Gasteiger partial charge in [0.25, 0.3) is 0 Å². The predicted octanol–water partition coefficient (Wildman–Crippen LogP) is 13.0. The molecule has 0 radical (unpaired) electrons. The zero-order chi connectivity index (χ0) is 58.1. The number of benzene rings is 2. The summed E-state index contributed by atoms with van der Waals surface area (Å²) in [5.41, 5.74) is 6.70. The van der Waals surface area contributed by atoms with E-state index in [2.05, 4.69) is 40.4 Å². The van der Waals surface area contributed by atoms with Crippen LogP contribution in [0.5, 0.6) is 11.8 Å². The number of nitrogen functional groups attached to an aromatic ring is 1. The highest BCUT2D eigenvalue weighted by molar-refractivity contribution is 6.34.